The number of hydrogen-bond donors (Lipinski definition) is 3. The minimum Gasteiger partial charge on any atom is -0.480 e. The van der Waals surface area contributed by atoms with Crippen molar-refractivity contribution in [3.05, 3.63) is 0 Å². The molecule has 0 spiro atoms. The van der Waals surface area contributed by atoms with E-state index in [1.54, 1.807) is 0 Å². The third-order valence-electron chi connectivity index (χ3n) is 3.38. The average molecular weight is 292 g/mol. The summed E-state index contributed by atoms with van der Waals surface area (Å²) in [5.41, 5.74) is 4.92. The van der Waals surface area contributed by atoms with Gasteiger partial charge in [0.2, 0.25) is 17.7 Å². The van der Waals surface area contributed by atoms with Crippen molar-refractivity contribution in [1.29, 1.82) is 0 Å². The van der Waals surface area contributed by atoms with Gasteiger partial charge in [0.15, 0.2) is 0 Å². The number of carboxylic acid groups (broad SMARTS) is 1. The van der Waals surface area contributed by atoms with Gasteiger partial charge in [0, 0.05) is 25.2 Å². The van der Waals surface area contributed by atoms with Gasteiger partial charge in [-0.25, -0.2) is 13.6 Å². The molecule has 114 valence electrons. The molecule has 1 rings (SSSR count). The highest BCUT2D eigenvalue weighted by Crippen LogP contribution is 2.36. The largest absolute Gasteiger partial charge is 0.480 e. The van der Waals surface area contributed by atoms with Gasteiger partial charge in [0.25, 0.3) is 0 Å². The van der Waals surface area contributed by atoms with Crippen LogP contribution in [0.3, 0.4) is 0 Å². The molecule has 0 aromatic carbocycles. The molecule has 0 radical (unpaired) electrons. The molecular weight excluding hydrogens is 274 g/mol. The SMILES string of the molecule is NC(=O)CCC(NC(=O)C1CCC(F)(F)CC1)C(=O)O. The summed E-state index contributed by atoms with van der Waals surface area (Å²) in [6, 6.07) is -1.22. The lowest BCUT2D eigenvalue weighted by molar-refractivity contribution is -0.143. The molecule has 8 heteroatoms. The van der Waals surface area contributed by atoms with Gasteiger partial charge in [-0.1, -0.05) is 0 Å². The summed E-state index contributed by atoms with van der Waals surface area (Å²) < 4.78 is 25.9. The molecule has 20 heavy (non-hydrogen) atoms. The van der Waals surface area contributed by atoms with E-state index in [9.17, 15) is 23.2 Å². The predicted molar refractivity (Wildman–Crippen MR) is 64.9 cm³/mol. The summed E-state index contributed by atoms with van der Waals surface area (Å²) in [4.78, 5) is 33.4. The maximum absolute atomic E-state index is 13.0. The van der Waals surface area contributed by atoms with Gasteiger partial charge in [-0.3, -0.25) is 9.59 Å². The Kier molecular flexibility index (Phi) is 5.41. The van der Waals surface area contributed by atoms with E-state index in [0.29, 0.717) is 0 Å². The molecule has 0 bridgehead atoms. The van der Waals surface area contributed by atoms with E-state index in [2.05, 4.69) is 5.32 Å². The molecule has 0 aromatic rings. The second-order valence-corrected chi connectivity index (χ2v) is 5.03. The Bertz CT molecular complexity index is 391. The first-order valence-corrected chi connectivity index (χ1v) is 6.40. The lowest BCUT2D eigenvalue weighted by atomic mass is 9.86. The van der Waals surface area contributed by atoms with Gasteiger partial charge in [-0.05, 0) is 19.3 Å². The number of halogens is 2. The van der Waals surface area contributed by atoms with E-state index in [0.717, 1.165) is 0 Å². The standard InChI is InChI=1S/C12H18F2N2O4/c13-12(14)5-3-7(4-6-12)10(18)16-8(11(19)20)1-2-9(15)17/h7-8H,1-6H2,(H2,15,17)(H,16,18)(H,19,20). The number of carbonyl (C=O) groups is 3. The van der Waals surface area contributed by atoms with Crippen molar-refractivity contribution in [2.45, 2.75) is 50.5 Å². The first-order valence-electron chi connectivity index (χ1n) is 6.40. The Labute approximate surface area is 114 Å². The van der Waals surface area contributed by atoms with Gasteiger partial charge >= 0.3 is 5.97 Å². The fraction of sp³-hybridized carbons (Fsp3) is 0.750. The molecule has 0 aromatic heterocycles. The van der Waals surface area contributed by atoms with Crippen molar-refractivity contribution in [1.82, 2.24) is 5.32 Å². The molecule has 1 atom stereocenters. The predicted octanol–water partition coefficient (Wildman–Crippen LogP) is 0.647. The van der Waals surface area contributed by atoms with Crippen LogP contribution in [0.2, 0.25) is 0 Å². The number of nitrogens with two attached hydrogens (primary N) is 1. The van der Waals surface area contributed by atoms with E-state index in [1.807, 2.05) is 0 Å². The second kappa shape index (κ2) is 6.62. The summed E-state index contributed by atoms with van der Waals surface area (Å²) in [5.74, 6) is -5.85. The second-order valence-electron chi connectivity index (χ2n) is 5.03. The lowest BCUT2D eigenvalue weighted by Gasteiger charge is -2.28. The van der Waals surface area contributed by atoms with Crippen molar-refractivity contribution >= 4 is 17.8 Å². The van der Waals surface area contributed by atoms with Crippen molar-refractivity contribution in [3.63, 3.8) is 0 Å². The maximum atomic E-state index is 13.0. The number of amides is 2. The van der Waals surface area contributed by atoms with E-state index in [-0.39, 0.29) is 38.5 Å². The molecule has 1 fully saturated rings. The number of alkyl halides is 2. The highest BCUT2D eigenvalue weighted by Gasteiger charge is 2.38. The molecule has 1 aliphatic carbocycles. The molecule has 0 saturated heterocycles. The summed E-state index contributed by atoms with van der Waals surface area (Å²) in [7, 11) is 0. The van der Waals surface area contributed by atoms with Crippen LogP contribution >= 0.6 is 0 Å². The van der Waals surface area contributed by atoms with Crippen LogP contribution in [0, 0.1) is 5.92 Å². The Balaban J connectivity index is 2.50. The molecule has 6 nitrogen and oxygen atoms in total. The molecule has 0 heterocycles. The van der Waals surface area contributed by atoms with Gasteiger partial charge in [-0.2, -0.15) is 0 Å². The zero-order valence-corrected chi connectivity index (χ0v) is 10.9. The maximum Gasteiger partial charge on any atom is 0.326 e. The Hall–Kier alpha value is -1.73. The van der Waals surface area contributed by atoms with Crippen LogP contribution in [-0.2, 0) is 14.4 Å². The lowest BCUT2D eigenvalue weighted by Crippen LogP contribution is -2.45. The fourth-order valence-electron chi connectivity index (χ4n) is 2.14. The quantitative estimate of drug-likeness (QED) is 0.667. The highest BCUT2D eigenvalue weighted by molar-refractivity contribution is 5.85. The Morgan fingerprint density at radius 1 is 1.30 bits per heavy atom. The van der Waals surface area contributed by atoms with Crippen LogP contribution in [0.25, 0.3) is 0 Å². The Morgan fingerprint density at radius 3 is 2.30 bits per heavy atom. The summed E-state index contributed by atoms with van der Waals surface area (Å²) in [6.07, 6.45) is -0.963. The molecule has 0 aliphatic heterocycles. The molecular formula is C12H18F2N2O4. The number of aliphatic carboxylic acids is 1. The van der Waals surface area contributed by atoms with E-state index < -0.39 is 35.7 Å². The third kappa shape index (κ3) is 5.10. The van der Waals surface area contributed by atoms with Gasteiger partial charge in [-0.15, -0.1) is 0 Å². The Morgan fingerprint density at radius 2 is 1.85 bits per heavy atom. The molecule has 2 amide bonds. The average Bonchev–Trinajstić information content (AvgIpc) is 2.33. The van der Waals surface area contributed by atoms with Crippen molar-refractivity contribution in [2.75, 3.05) is 0 Å². The van der Waals surface area contributed by atoms with Crippen LogP contribution in [0.15, 0.2) is 0 Å². The zero-order valence-electron chi connectivity index (χ0n) is 10.9. The van der Waals surface area contributed by atoms with E-state index >= 15 is 0 Å². The van der Waals surface area contributed by atoms with Crippen LogP contribution < -0.4 is 11.1 Å². The number of carbonyl (C=O) groups excluding carboxylic acids is 2. The number of primary amides is 1. The number of rotatable bonds is 6. The molecule has 4 N–H and O–H groups in total. The fourth-order valence-corrected chi connectivity index (χ4v) is 2.14. The smallest absolute Gasteiger partial charge is 0.326 e. The van der Waals surface area contributed by atoms with Crippen LogP contribution in [0.4, 0.5) is 8.78 Å². The molecule has 1 aliphatic rings. The van der Waals surface area contributed by atoms with Gasteiger partial charge in [0.1, 0.15) is 6.04 Å². The van der Waals surface area contributed by atoms with Gasteiger partial charge in [0.05, 0.1) is 0 Å². The van der Waals surface area contributed by atoms with Crippen molar-refractivity contribution < 1.29 is 28.3 Å². The normalized spacial score (nSPS) is 20.1. The summed E-state index contributed by atoms with van der Waals surface area (Å²) >= 11 is 0. The topological polar surface area (TPSA) is 109 Å². The first kappa shape index (κ1) is 16.3. The minimum atomic E-state index is -2.74. The van der Waals surface area contributed by atoms with Crippen molar-refractivity contribution in [2.24, 2.45) is 11.7 Å². The number of nitrogens with one attached hydrogen (secondary N) is 1. The number of hydrogen-bond acceptors (Lipinski definition) is 3. The number of carboxylic acids is 1. The first-order chi connectivity index (χ1) is 9.21. The van der Waals surface area contributed by atoms with Crippen LogP contribution in [0.5, 0.6) is 0 Å². The van der Waals surface area contributed by atoms with Crippen LogP contribution in [0.1, 0.15) is 38.5 Å². The van der Waals surface area contributed by atoms with Crippen molar-refractivity contribution in [3.8, 4) is 0 Å². The molecule has 1 unspecified atom stereocenters. The van der Waals surface area contributed by atoms with E-state index in [4.69, 9.17) is 10.8 Å². The highest BCUT2D eigenvalue weighted by atomic mass is 19.3. The monoisotopic (exact) mass is 292 g/mol. The zero-order chi connectivity index (χ0) is 15.3. The van der Waals surface area contributed by atoms with Gasteiger partial charge < -0.3 is 16.2 Å². The minimum absolute atomic E-state index is 0.0288. The molecule has 1 saturated carbocycles. The van der Waals surface area contributed by atoms with E-state index in [1.165, 1.54) is 0 Å². The van der Waals surface area contributed by atoms with Crippen LogP contribution in [-0.4, -0.2) is 34.9 Å². The summed E-state index contributed by atoms with van der Waals surface area (Å²) in [6.45, 7) is 0. The third-order valence-corrected chi connectivity index (χ3v) is 3.38. The summed E-state index contributed by atoms with van der Waals surface area (Å²) in [5, 5.41) is 11.2.